The molecule has 0 aliphatic carbocycles. The van der Waals surface area contributed by atoms with E-state index in [0.29, 0.717) is 27.8 Å². The molecular formula is C24H22ClN4O3+. The van der Waals surface area contributed by atoms with Crippen LogP contribution in [0.4, 0.5) is 17.1 Å². The van der Waals surface area contributed by atoms with Gasteiger partial charge in [0.05, 0.1) is 0 Å². The molecule has 0 saturated heterocycles. The fourth-order valence-electron chi connectivity index (χ4n) is 3.94. The molecule has 1 aromatic heterocycles. The van der Waals surface area contributed by atoms with E-state index in [4.69, 9.17) is 11.6 Å². The minimum Gasteiger partial charge on any atom is -0.326 e. The molecule has 2 N–H and O–H groups in total. The van der Waals surface area contributed by atoms with E-state index in [1.54, 1.807) is 66.2 Å². The molecule has 4 rings (SSSR count). The number of pyridine rings is 1. The maximum atomic E-state index is 13.7. The summed E-state index contributed by atoms with van der Waals surface area (Å²) < 4.78 is 1.78. The first kappa shape index (κ1) is 21.5. The lowest BCUT2D eigenvalue weighted by Crippen LogP contribution is -2.67. The Morgan fingerprint density at radius 2 is 1.59 bits per heavy atom. The third kappa shape index (κ3) is 3.94. The number of carbonyl (C=O) groups is 3. The lowest BCUT2D eigenvalue weighted by atomic mass is 9.89. The predicted molar refractivity (Wildman–Crippen MR) is 122 cm³/mol. The van der Waals surface area contributed by atoms with Gasteiger partial charge in [0.15, 0.2) is 6.20 Å². The largest absolute Gasteiger partial charge is 0.326 e. The van der Waals surface area contributed by atoms with E-state index >= 15 is 0 Å². The second-order valence-corrected chi connectivity index (χ2v) is 8.14. The predicted octanol–water partition coefficient (Wildman–Crippen LogP) is 3.49. The second kappa shape index (κ2) is 8.43. The van der Waals surface area contributed by atoms with Crippen LogP contribution in [0.5, 0.6) is 0 Å². The molecule has 162 valence electrons. The molecule has 0 spiro atoms. The highest BCUT2D eigenvalue weighted by Gasteiger charge is 2.54. The molecule has 2 aromatic carbocycles. The van der Waals surface area contributed by atoms with E-state index in [2.05, 4.69) is 10.6 Å². The number of nitrogens with zero attached hydrogens (tertiary/aromatic N) is 2. The third-order valence-corrected chi connectivity index (χ3v) is 5.68. The zero-order chi connectivity index (χ0) is 22.9. The van der Waals surface area contributed by atoms with Crippen molar-refractivity contribution in [2.75, 3.05) is 15.5 Å². The number of hydrogen-bond donors (Lipinski definition) is 2. The van der Waals surface area contributed by atoms with Gasteiger partial charge in [0, 0.05) is 41.1 Å². The summed E-state index contributed by atoms with van der Waals surface area (Å²) in [4.78, 5) is 39.8. The number of benzene rings is 2. The Morgan fingerprint density at radius 3 is 2.25 bits per heavy atom. The van der Waals surface area contributed by atoms with Crippen LogP contribution >= 0.6 is 11.6 Å². The van der Waals surface area contributed by atoms with Crippen molar-refractivity contribution in [2.24, 2.45) is 0 Å². The number of nitrogens with one attached hydrogen (secondary N) is 2. The van der Waals surface area contributed by atoms with Gasteiger partial charge in [0.2, 0.25) is 23.7 Å². The Labute approximate surface area is 190 Å². The first-order chi connectivity index (χ1) is 15.3. The van der Waals surface area contributed by atoms with Gasteiger partial charge < -0.3 is 10.6 Å². The van der Waals surface area contributed by atoms with Gasteiger partial charge in [0.1, 0.15) is 0 Å². The Kier molecular flexibility index (Phi) is 5.67. The van der Waals surface area contributed by atoms with E-state index < -0.39 is 5.54 Å². The minimum atomic E-state index is -1.33. The first-order valence-corrected chi connectivity index (χ1v) is 10.4. The highest BCUT2D eigenvalue weighted by molar-refractivity contribution is 6.30. The summed E-state index contributed by atoms with van der Waals surface area (Å²) in [6.45, 7) is 3.25. The molecular weight excluding hydrogens is 428 g/mol. The molecule has 1 unspecified atom stereocenters. The van der Waals surface area contributed by atoms with Gasteiger partial charge in [-0.15, -0.1) is 0 Å². The molecule has 3 aromatic rings. The fraction of sp³-hybridized carbons (Fsp3) is 0.167. The normalized spacial score (nSPS) is 17.5. The van der Waals surface area contributed by atoms with Gasteiger partial charge in [-0.25, -0.2) is 0 Å². The number of amides is 3. The van der Waals surface area contributed by atoms with Crippen molar-refractivity contribution in [1.29, 1.82) is 0 Å². The monoisotopic (exact) mass is 449 g/mol. The first-order valence-electron chi connectivity index (χ1n) is 10.1. The van der Waals surface area contributed by atoms with Crippen molar-refractivity contribution >= 4 is 46.4 Å². The maximum absolute atomic E-state index is 13.7. The SMILES string of the molecule is CC(=O)Nc1ccc(N2C(=O)C[n+]3ccccc3C2(C)C(=O)Nc2ccc(Cl)cc2)cc1. The van der Waals surface area contributed by atoms with Gasteiger partial charge >= 0.3 is 0 Å². The molecule has 32 heavy (non-hydrogen) atoms. The van der Waals surface area contributed by atoms with E-state index in [1.165, 1.54) is 11.8 Å². The fourth-order valence-corrected chi connectivity index (χ4v) is 4.07. The average Bonchev–Trinajstić information content (AvgIpc) is 2.76. The van der Waals surface area contributed by atoms with Crippen molar-refractivity contribution in [1.82, 2.24) is 0 Å². The van der Waals surface area contributed by atoms with Crippen LogP contribution in [0.25, 0.3) is 0 Å². The Balaban J connectivity index is 1.78. The molecule has 8 heteroatoms. The van der Waals surface area contributed by atoms with Crippen molar-refractivity contribution in [2.45, 2.75) is 25.9 Å². The number of anilines is 3. The quantitative estimate of drug-likeness (QED) is 0.598. The molecule has 3 amide bonds. The summed E-state index contributed by atoms with van der Waals surface area (Å²) >= 11 is 5.96. The van der Waals surface area contributed by atoms with Gasteiger partial charge in [-0.2, -0.15) is 4.57 Å². The number of halogens is 1. The van der Waals surface area contributed by atoms with Crippen LogP contribution in [0.2, 0.25) is 5.02 Å². The van der Waals surface area contributed by atoms with Crippen LogP contribution in [0.15, 0.2) is 72.9 Å². The highest BCUT2D eigenvalue weighted by atomic mass is 35.5. The second-order valence-electron chi connectivity index (χ2n) is 7.70. The highest BCUT2D eigenvalue weighted by Crippen LogP contribution is 2.36. The molecule has 1 atom stereocenters. The van der Waals surface area contributed by atoms with Crippen molar-refractivity contribution < 1.29 is 19.0 Å². The van der Waals surface area contributed by atoms with Crippen LogP contribution in [0.1, 0.15) is 19.5 Å². The van der Waals surface area contributed by atoms with Crippen molar-refractivity contribution in [3.63, 3.8) is 0 Å². The van der Waals surface area contributed by atoms with Gasteiger partial charge in [-0.05, 0) is 55.5 Å². The summed E-state index contributed by atoms with van der Waals surface area (Å²) in [6.07, 6.45) is 1.79. The maximum Gasteiger partial charge on any atom is 0.294 e. The summed E-state index contributed by atoms with van der Waals surface area (Å²) in [5, 5.41) is 6.18. The Hall–Kier alpha value is -3.71. The minimum absolute atomic E-state index is 0.105. The van der Waals surface area contributed by atoms with Crippen LogP contribution in [0, 0.1) is 0 Å². The van der Waals surface area contributed by atoms with E-state index in [9.17, 15) is 14.4 Å². The lowest BCUT2D eigenvalue weighted by Gasteiger charge is -2.40. The number of carbonyl (C=O) groups excluding carboxylic acids is 3. The van der Waals surface area contributed by atoms with Gasteiger partial charge in [-0.1, -0.05) is 17.7 Å². The summed E-state index contributed by atoms with van der Waals surface area (Å²) in [7, 11) is 0. The number of fused-ring (bicyclic) bond motifs is 1. The molecule has 1 aliphatic rings. The van der Waals surface area contributed by atoms with Crippen LogP contribution < -0.4 is 20.1 Å². The van der Waals surface area contributed by atoms with Crippen LogP contribution in [-0.2, 0) is 26.5 Å². The molecule has 0 bridgehead atoms. The Bertz CT molecular complexity index is 1190. The smallest absolute Gasteiger partial charge is 0.294 e. The molecule has 7 nitrogen and oxygen atoms in total. The van der Waals surface area contributed by atoms with Crippen molar-refractivity contribution in [3.8, 4) is 0 Å². The van der Waals surface area contributed by atoms with E-state index in [-0.39, 0.29) is 24.3 Å². The summed E-state index contributed by atoms with van der Waals surface area (Å²) in [5.41, 5.74) is 1.08. The van der Waals surface area contributed by atoms with Crippen LogP contribution in [-0.4, -0.2) is 17.7 Å². The third-order valence-electron chi connectivity index (χ3n) is 5.43. The summed E-state index contributed by atoms with van der Waals surface area (Å²) in [5.74, 6) is -0.780. The van der Waals surface area contributed by atoms with Crippen molar-refractivity contribution in [3.05, 3.63) is 83.6 Å². The molecule has 0 radical (unpaired) electrons. The van der Waals surface area contributed by atoms with Gasteiger partial charge in [0.25, 0.3) is 11.8 Å². The number of rotatable bonds is 4. The molecule has 0 saturated carbocycles. The zero-order valence-electron chi connectivity index (χ0n) is 17.6. The lowest BCUT2D eigenvalue weighted by molar-refractivity contribution is -0.697. The summed E-state index contributed by atoms with van der Waals surface area (Å²) in [6, 6.07) is 19.1. The molecule has 2 heterocycles. The van der Waals surface area contributed by atoms with Crippen LogP contribution in [0.3, 0.4) is 0 Å². The zero-order valence-corrected chi connectivity index (χ0v) is 18.4. The molecule has 1 aliphatic heterocycles. The van der Waals surface area contributed by atoms with E-state index in [0.717, 1.165) is 0 Å². The average molecular weight is 450 g/mol. The van der Waals surface area contributed by atoms with E-state index in [1.807, 2.05) is 18.2 Å². The topological polar surface area (TPSA) is 82.4 Å². The Morgan fingerprint density at radius 1 is 0.969 bits per heavy atom. The standard InChI is InChI=1S/C24H21ClN4O3/c1-16(30)26-18-10-12-20(13-11-18)29-22(31)15-28-14-4-3-5-21(28)24(29,2)23(32)27-19-8-6-17(25)7-9-19/h3-14H,15H2,1-2H3,(H-,26,27,30,32)/p+1. The number of hydrogen-bond acceptors (Lipinski definition) is 3. The van der Waals surface area contributed by atoms with Gasteiger partial charge in [-0.3, -0.25) is 19.3 Å². The molecule has 0 fully saturated rings. The number of aromatic nitrogens is 1.